The molecule has 1 N–H and O–H groups in total. The molecule has 0 amide bonds. The Bertz CT molecular complexity index is 571. The van der Waals surface area contributed by atoms with Gasteiger partial charge in [0.25, 0.3) is 0 Å². The van der Waals surface area contributed by atoms with E-state index in [9.17, 15) is 0 Å². The molecular formula is C14H19N3OS. The molecule has 0 bridgehead atoms. The molecule has 0 aliphatic carbocycles. The van der Waals surface area contributed by atoms with E-state index in [1.165, 1.54) is 5.56 Å². The first-order chi connectivity index (χ1) is 9.24. The van der Waals surface area contributed by atoms with Gasteiger partial charge in [0.05, 0.1) is 7.11 Å². The summed E-state index contributed by atoms with van der Waals surface area (Å²) in [7, 11) is 1.68. The van der Waals surface area contributed by atoms with Crippen LogP contribution in [0.15, 0.2) is 24.3 Å². The largest absolute Gasteiger partial charge is 0.497 e. The summed E-state index contributed by atoms with van der Waals surface area (Å²) in [5.74, 6) is 1.92. The Labute approximate surface area is 118 Å². The Morgan fingerprint density at radius 2 is 2.00 bits per heavy atom. The summed E-state index contributed by atoms with van der Waals surface area (Å²) in [6, 6.07) is 8.14. The van der Waals surface area contributed by atoms with E-state index in [0.29, 0.717) is 4.77 Å². The molecule has 1 heterocycles. The second-order valence-electron chi connectivity index (χ2n) is 4.44. The SMILES string of the molecule is CCCn1c(CCc2ccc(OC)cc2)n[nH]c1=S. The van der Waals surface area contributed by atoms with Crippen LogP contribution in [0.4, 0.5) is 0 Å². The Morgan fingerprint density at radius 3 is 2.63 bits per heavy atom. The molecule has 4 nitrogen and oxygen atoms in total. The predicted octanol–water partition coefficient (Wildman–Crippen LogP) is 3.14. The van der Waals surface area contributed by atoms with Crippen LogP contribution in [0.3, 0.4) is 0 Å². The molecule has 2 rings (SSSR count). The zero-order valence-corrected chi connectivity index (χ0v) is 12.2. The van der Waals surface area contributed by atoms with Crippen LogP contribution >= 0.6 is 12.2 Å². The number of H-pyrrole nitrogens is 1. The summed E-state index contributed by atoms with van der Waals surface area (Å²) in [4.78, 5) is 0. The van der Waals surface area contributed by atoms with Crippen LogP contribution in [-0.2, 0) is 19.4 Å². The third kappa shape index (κ3) is 3.44. The van der Waals surface area contributed by atoms with Gasteiger partial charge in [-0.05, 0) is 42.8 Å². The molecular weight excluding hydrogens is 258 g/mol. The summed E-state index contributed by atoms with van der Waals surface area (Å²) in [6.07, 6.45) is 2.90. The lowest BCUT2D eigenvalue weighted by molar-refractivity contribution is 0.414. The first-order valence-electron chi connectivity index (χ1n) is 6.51. The van der Waals surface area contributed by atoms with Crippen molar-refractivity contribution in [1.29, 1.82) is 0 Å². The van der Waals surface area contributed by atoms with Crippen molar-refractivity contribution in [3.8, 4) is 5.75 Å². The molecule has 0 saturated carbocycles. The maximum absolute atomic E-state index is 5.23. The Morgan fingerprint density at radius 1 is 1.26 bits per heavy atom. The van der Waals surface area contributed by atoms with Crippen LogP contribution in [0.1, 0.15) is 24.7 Å². The molecule has 2 aromatic rings. The highest BCUT2D eigenvalue weighted by atomic mass is 32.1. The third-order valence-corrected chi connectivity index (χ3v) is 3.39. The number of nitrogens with zero attached hydrogens (tertiary/aromatic N) is 2. The first-order valence-corrected chi connectivity index (χ1v) is 6.92. The van der Waals surface area contributed by atoms with E-state index in [4.69, 9.17) is 17.0 Å². The minimum Gasteiger partial charge on any atom is -0.497 e. The maximum Gasteiger partial charge on any atom is 0.195 e. The number of aromatic amines is 1. The quantitative estimate of drug-likeness (QED) is 0.825. The molecule has 1 aromatic heterocycles. The zero-order valence-electron chi connectivity index (χ0n) is 11.3. The number of hydrogen-bond acceptors (Lipinski definition) is 3. The van der Waals surface area contributed by atoms with Crippen molar-refractivity contribution >= 4 is 12.2 Å². The van der Waals surface area contributed by atoms with E-state index >= 15 is 0 Å². The van der Waals surface area contributed by atoms with Gasteiger partial charge in [-0.25, -0.2) is 0 Å². The van der Waals surface area contributed by atoms with Crippen LogP contribution in [-0.4, -0.2) is 21.9 Å². The number of benzene rings is 1. The molecule has 0 aliphatic rings. The number of nitrogens with one attached hydrogen (secondary N) is 1. The Kier molecular flexibility index (Phi) is 4.74. The van der Waals surface area contributed by atoms with Gasteiger partial charge in [0.1, 0.15) is 11.6 Å². The number of ether oxygens (including phenoxy) is 1. The molecule has 0 radical (unpaired) electrons. The van der Waals surface area contributed by atoms with E-state index in [0.717, 1.165) is 37.4 Å². The second kappa shape index (κ2) is 6.52. The Balaban J connectivity index is 2.03. The number of methoxy groups -OCH3 is 1. The van der Waals surface area contributed by atoms with Gasteiger partial charge in [-0.15, -0.1) is 0 Å². The van der Waals surface area contributed by atoms with Gasteiger partial charge >= 0.3 is 0 Å². The lowest BCUT2D eigenvalue weighted by Crippen LogP contribution is -2.05. The molecule has 0 unspecified atom stereocenters. The van der Waals surface area contributed by atoms with Crippen molar-refractivity contribution in [1.82, 2.24) is 14.8 Å². The van der Waals surface area contributed by atoms with E-state index in [1.54, 1.807) is 7.11 Å². The molecule has 0 spiro atoms. The van der Waals surface area contributed by atoms with Gasteiger partial charge in [-0.1, -0.05) is 19.1 Å². The predicted molar refractivity (Wildman–Crippen MR) is 78.1 cm³/mol. The molecule has 0 fully saturated rings. The first kappa shape index (κ1) is 13.8. The highest BCUT2D eigenvalue weighted by Gasteiger charge is 2.05. The normalized spacial score (nSPS) is 10.6. The van der Waals surface area contributed by atoms with Crippen LogP contribution in [0.2, 0.25) is 0 Å². The monoisotopic (exact) mass is 277 g/mol. The fraction of sp³-hybridized carbons (Fsp3) is 0.429. The summed E-state index contributed by atoms with van der Waals surface area (Å²) < 4.78 is 7.95. The summed E-state index contributed by atoms with van der Waals surface area (Å²) in [5, 5.41) is 7.18. The van der Waals surface area contributed by atoms with E-state index in [-0.39, 0.29) is 0 Å². The van der Waals surface area contributed by atoms with E-state index in [1.807, 2.05) is 12.1 Å². The van der Waals surface area contributed by atoms with Gasteiger partial charge < -0.3 is 9.30 Å². The minimum absolute atomic E-state index is 0.714. The van der Waals surface area contributed by atoms with Gasteiger partial charge in [-0.2, -0.15) is 5.10 Å². The standard InChI is InChI=1S/C14H19N3OS/c1-3-10-17-13(15-16-14(17)19)9-6-11-4-7-12(18-2)8-5-11/h4-5,7-8H,3,6,9-10H2,1-2H3,(H,16,19). The van der Waals surface area contributed by atoms with Crippen LogP contribution in [0, 0.1) is 4.77 Å². The molecule has 0 atom stereocenters. The molecule has 19 heavy (non-hydrogen) atoms. The average Bonchev–Trinajstić information content (AvgIpc) is 2.79. The van der Waals surface area contributed by atoms with Crippen molar-refractivity contribution in [2.24, 2.45) is 0 Å². The number of rotatable bonds is 6. The van der Waals surface area contributed by atoms with Gasteiger partial charge in [0.2, 0.25) is 0 Å². The van der Waals surface area contributed by atoms with Crippen molar-refractivity contribution in [3.63, 3.8) is 0 Å². The maximum atomic E-state index is 5.23. The van der Waals surface area contributed by atoms with E-state index < -0.39 is 0 Å². The van der Waals surface area contributed by atoms with Crippen molar-refractivity contribution in [2.75, 3.05) is 7.11 Å². The number of aryl methyl sites for hydroxylation is 2. The third-order valence-electron chi connectivity index (χ3n) is 3.08. The summed E-state index contributed by atoms with van der Waals surface area (Å²) >= 11 is 5.23. The second-order valence-corrected chi connectivity index (χ2v) is 4.83. The van der Waals surface area contributed by atoms with Gasteiger partial charge in [0.15, 0.2) is 4.77 Å². The summed E-state index contributed by atoms with van der Waals surface area (Å²) in [5.41, 5.74) is 1.28. The van der Waals surface area contributed by atoms with Crippen molar-refractivity contribution < 1.29 is 4.74 Å². The molecule has 5 heteroatoms. The van der Waals surface area contributed by atoms with E-state index in [2.05, 4.69) is 33.8 Å². The smallest absolute Gasteiger partial charge is 0.195 e. The van der Waals surface area contributed by atoms with Gasteiger partial charge in [-0.3, -0.25) is 5.10 Å². The fourth-order valence-corrected chi connectivity index (χ4v) is 2.29. The lowest BCUT2D eigenvalue weighted by atomic mass is 10.1. The molecule has 102 valence electrons. The minimum atomic E-state index is 0.714. The summed E-state index contributed by atoms with van der Waals surface area (Å²) in [6.45, 7) is 3.06. The van der Waals surface area contributed by atoms with Gasteiger partial charge in [0, 0.05) is 13.0 Å². The number of hydrogen-bond donors (Lipinski definition) is 1. The van der Waals surface area contributed by atoms with Crippen molar-refractivity contribution in [2.45, 2.75) is 32.7 Å². The van der Waals surface area contributed by atoms with Crippen LogP contribution < -0.4 is 4.74 Å². The highest BCUT2D eigenvalue weighted by Crippen LogP contribution is 2.13. The van der Waals surface area contributed by atoms with Crippen LogP contribution in [0.25, 0.3) is 0 Å². The number of aromatic nitrogens is 3. The lowest BCUT2D eigenvalue weighted by Gasteiger charge is -2.06. The Hall–Kier alpha value is -1.62. The fourth-order valence-electron chi connectivity index (χ4n) is 2.04. The van der Waals surface area contributed by atoms with Crippen LogP contribution in [0.5, 0.6) is 5.75 Å². The average molecular weight is 277 g/mol. The molecule has 0 saturated heterocycles. The molecule has 1 aromatic carbocycles. The molecule has 0 aliphatic heterocycles. The van der Waals surface area contributed by atoms with Crippen molar-refractivity contribution in [3.05, 3.63) is 40.4 Å². The topological polar surface area (TPSA) is 42.8 Å². The zero-order chi connectivity index (χ0) is 13.7. The highest BCUT2D eigenvalue weighted by molar-refractivity contribution is 7.71.